The van der Waals surface area contributed by atoms with Gasteiger partial charge in [-0.1, -0.05) is 60.7 Å². The van der Waals surface area contributed by atoms with Crippen molar-refractivity contribution in [2.24, 2.45) is 0 Å². The molecular formula is C17H20ClNO. The van der Waals surface area contributed by atoms with Gasteiger partial charge in [-0.15, -0.1) is 12.4 Å². The summed E-state index contributed by atoms with van der Waals surface area (Å²) in [6.07, 6.45) is -0.199. The van der Waals surface area contributed by atoms with Crippen LogP contribution in [0.2, 0.25) is 0 Å². The summed E-state index contributed by atoms with van der Waals surface area (Å²) < 4.78 is 0. The highest BCUT2D eigenvalue weighted by atomic mass is 35.5. The molecular weight excluding hydrogens is 270 g/mol. The van der Waals surface area contributed by atoms with Crippen molar-refractivity contribution >= 4 is 12.4 Å². The highest BCUT2D eigenvalue weighted by molar-refractivity contribution is 5.85. The summed E-state index contributed by atoms with van der Waals surface area (Å²) >= 11 is 0. The molecule has 0 aromatic heterocycles. The third-order valence-corrected chi connectivity index (χ3v) is 4.04. The van der Waals surface area contributed by atoms with Crippen LogP contribution >= 0.6 is 12.4 Å². The summed E-state index contributed by atoms with van der Waals surface area (Å²) in [7, 11) is 0. The second-order valence-electron chi connectivity index (χ2n) is 5.23. The third-order valence-electron chi connectivity index (χ3n) is 4.04. The average Bonchev–Trinajstić information content (AvgIpc) is 2.49. The number of hydrogen-bond acceptors (Lipinski definition) is 2. The van der Waals surface area contributed by atoms with Gasteiger partial charge in [0.1, 0.15) is 0 Å². The zero-order chi connectivity index (χ0) is 13.2. The number of aliphatic hydroxyl groups is 1. The molecule has 0 aliphatic carbocycles. The van der Waals surface area contributed by atoms with E-state index >= 15 is 0 Å². The highest BCUT2D eigenvalue weighted by Gasteiger charge is 2.39. The first-order valence-electron chi connectivity index (χ1n) is 6.81. The maximum absolute atomic E-state index is 9.79. The SMILES string of the molecule is C[C@@H]1[C@@H](O)CN1C(c1ccccc1)c1ccccc1.Cl. The summed E-state index contributed by atoms with van der Waals surface area (Å²) in [4.78, 5) is 2.36. The van der Waals surface area contributed by atoms with Crippen LogP contribution in [0.15, 0.2) is 60.7 Å². The minimum Gasteiger partial charge on any atom is -0.390 e. The molecule has 106 valence electrons. The number of β-amino-alcohol motifs (C(OH)–C–C–N with tert-alkyl or cyclic N) is 1. The Balaban J connectivity index is 0.00000147. The molecule has 3 heteroatoms. The Kier molecular flexibility index (Phi) is 4.81. The van der Waals surface area contributed by atoms with Crippen LogP contribution in [-0.4, -0.2) is 28.7 Å². The van der Waals surface area contributed by atoms with Crippen molar-refractivity contribution < 1.29 is 5.11 Å². The number of halogens is 1. The van der Waals surface area contributed by atoms with Gasteiger partial charge in [-0.3, -0.25) is 4.90 Å². The second kappa shape index (κ2) is 6.40. The average molecular weight is 290 g/mol. The lowest BCUT2D eigenvalue weighted by Crippen LogP contribution is -2.59. The smallest absolute Gasteiger partial charge is 0.0820 e. The van der Waals surface area contributed by atoms with Crippen molar-refractivity contribution in [2.45, 2.75) is 25.1 Å². The number of likely N-dealkylation sites (tertiary alicyclic amines) is 1. The van der Waals surface area contributed by atoms with Crippen LogP contribution < -0.4 is 0 Å². The summed E-state index contributed by atoms with van der Waals surface area (Å²) in [6.45, 7) is 2.84. The molecule has 2 nitrogen and oxygen atoms in total. The summed E-state index contributed by atoms with van der Waals surface area (Å²) in [5.74, 6) is 0. The topological polar surface area (TPSA) is 23.5 Å². The van der Waals surface area contributed by atoms with E-state index < -0.39 is 0 Å². The molecule has 0 radical (unpaired) electrons. The Morgan fingerprint density at radius 2 is 1.40 bits per heavy atom. The van der Waals surface area contributed by atoms with Gasteiger partial charge in [-0.2, -0.15) is 0 Å². The second-order valence-corrected chi connectivity index (χ2v) is 5.23. The van der Waals surface area contributed by atoms with E-state index in [2.05, 4.69) is 60.4 Å². The fraction of sp³-hybridized carbons (Fsp3) is 0.294. The standard InChI is InChI=1S/C17H19NO.ClH/c1-13-16(19)12-18(13)17(14-8-4-2-5-9-14)15-10-6-3-7-11-15;/h2-11,13,16-17,19H,12H2,1H3;1H/t13-,16+;/m1./s1. The van der Waals surface area contributed by atoms with Gasteiger partial charge in [0.15, 0.2) is 0 Å². The van der Waals surface area contributed by atoms with Crippen LogP contribution in [0.1, 0.15) is 24.1 Å². The molecule has 0 unspecified atom stereocenters. The quantitative estimate of drug-likeness (QED) is 0.937. The first-order chi connectivity index (χ1) is 9.27. The largest absolute Gasteiger partial charge is 0.390 e. The van der Waals surface area contributed by atoms with Crippen LogP contribution in [0.3, 0.4) is 0 Å². The fourth-order valence-corrected chi connectivity index (χ4v) is 2.80. The van der Waals surface area contributed by atoms with Crippen LogP contribution in [-0.2, 0) is 0 Å². The Bertz CT molecular complexity index is 492. The number of rotatable bonds is 3. The zero-order valence-corrected chi connectivity index (χ0v) is 12.3. The number of aliphatic hydroxyl groups excluding tert-OH is 1. The molecule has 1 heterocycles. The molecule has 1 aliphatic rings. The van der Waals surface area contributed by atoms with E-state index in [0.717, 1.165) is 6.54 Å². The predicted molar refractivity (Wildman–Crippen MR) is 84.1 cm³/mol. The van der Waals surface area contributed by atoms with Gasteiger partial charge in [0, 0.05) is 12.6 Å². The normalized spacial score (nSPS) is 22.1. The maximum atomic E-state index is 9.79. The molecule has 2 atom stereocenters. The zero-order valence-electron chi connectivity index (χ0n) is 11.5. The third kappa shape index (κ3) is 2.73. The van der Waals surface area contributed by atoms with E-state index in [9.17, 15) is 5.11 Å². The molecule has 2 aromatic carbocycles. The van der Waals surface area contributed by atoms with E-state index in [1.807, 2.05) is 12.1 Å². The molecule has 2 aromatic rings. The van der Waals surface area contributed by atoms with Crippen molar-refractivity contribution in [2.75, 3.05) is 6.54 Å². The lowest BCUT2D eigenvalue weighted by molar-refractivity contribution is -0.0693. The van der Waals surface area contributed by atoms with Crippen molar-refractivity contribution in [3.05, 3.63) is 71.8 Å². The molecule has 0 saturated carbocycles. The van der Waals surface area contributed by atoms with Gasteiger partial charge in [0.05, 0.1) is 12.1 Å². The summed E-state index contributed by atoms with van der Waals surface area (Å²) in [5.41, 5.74) is 2.57. The molecule has 1 N–H and O–H groups in total. The Labute approximate surface area is 126 Å². The van der Waals surface area contributed by atoms with E-state index in [-0.39, 0.29) is 30.6 Å². The fourth-order valence-electron chi connectivity index (χ4n) is 2.80. The van der Waals surface area contributed by atoms with Crippen LogP contribution in [0.25, 0.3) is 0 Å². The van der Waals surface area contributed by atoms with Gasteiger partial charge < -0.3 is 5.11 Å². The van der Waals surface area contributed by atoms with Gasteiger partial charge >= 0.3 is 0 Å². The van der Waals surface area contributed by atoms with E-state index in [1.165, 1.54) is 11.1 Å². The molecule has 0 spiro atoms. The minimum absolute atomic E-state index is 0. The Morgan fingerprint density at radius 1 is 0.950 bits per heavy atom. The molecule has 0 bridgehead atoms. The summed E-state index contributed by atoms with van der Waals surface area (Å²) in [5, 5.41) is 9.79. The lowest BCUT2D eigenvalue weighted by atomic mass is 9.90. The molecule has 1 aliphatic heterocycles. The molecule has 1 fully saturated rings. The number of hydrogen-bond donors (Lipinski definition) is 1. The van der Waals surface area contributed by atoms with Crippen LogP contribution in [0.5, 0.6) is 0 Å². The van der Waals surface area contributed by atoms with Gasteiger partial charge in [0.25, 0.3) is 0 Å². The van der Waals surface area contributed by atoms with Gasteiger partial charge in [-0.05, 0) is 18.1 Å². The van der Waals surface area contributed by atoms with Gasteiger partial charge in [0.2, 0.25) is 0 Å². The van der Waals surface area contributed by atoms with Gasteiger partial charge in [-0.25, -0.2) is 0 Å². The minimum atomic E-state index is -0.199. The van der Waals surface area contributed by atoms with E-state index in [0.29, 0.717) is 0 Å². The highest BCUT2D eigenvalue weighted by Crippen LogP contribution is 2.35. The van der Waals surface area contributed by atoms with E-state index in [1.54, 1.807) is 0 Å². The number of benzene rings is 2. The predicted octanol–water partition coefficient (Wildman–Crippen LogP) is 3.26. The van der Waals surface area contributed by atoms with E-state index in [4.69, 9.17) is 0 Å². The molecule has 20 heavy (non-hydrogen) atoms. The van der Waals surface area contributed by atoms with Crippen LogP contribution in [0, 0.1) is 0 Å². The Morgan fingerprint density at radius 3 is 1.75 bits per heavy atom. The molecule has 3 rings (SSSR count). The number of nitrogens with zero attached hydrogens (tertiary/aromatic N) is 1. The first kappa shape index (κ1) is 15.0. The maximum Gasteiger partial charge on any atom is 0.0820 e. The Hall–Kier alpha value is -1.35. The molecule has 0 amide bonds. The monoisotopic (exact) mass is 289 g/mol. The molecule has 1 saturated heterocycles. The van der Waals surface area contributed by atoms with Crippen molar-refractivity contribution in [3.63, 3.8) is 0 Å². The lowest BCUT2D eigenvalue weighted by Gasteiger charge is -2.48. The van der Waals surface area contributed by atoms with Crippen molar-refractivity contribution in [1.82, 2.24) is 4.90 Å². The van der Waals surface area contributed by atoms with Crippen LogP contribution in [0.4, 0.5) is 0 Å². The first-order valence-corrected chi connectivity index (χ1v) is 6.81. The van der Waals surface area contributed by atoms with Crippen molar-refractivity contribution in [3.8, 4) is 0 Å². The summed E-state index contributed by atoms with van der Waals surface area (Å²) in [6, 6.07) is 21.5. The van der Waals surface area contributed by atoms with Crippen molar-refractivity contribution in [1.29, 1.82) is 0 Å².